The number of nitrogens with zero attached hydrogens (tertiary/aromatic N) is 1. The fourth-order valence-corrected chi connectivity index (χ4v) is 3.19. The van der Waals surface area contributed by atoms with Crippen LogP contribution in [-0.2, 0) is 6.42 Å². The molecule has 22 heavy (non-hydrogen) atoms. The Morgan fingerprint density at radius 2 is 1.82 bits per heavy atom. The van der Waals surface area contributed by atoms with E-state index in [4.69, 9.17) is 12.2 Å². The Balaban J connectivity index is 1.75. The zero-order valence-electron chi connectivity index (χ0n) is 13.2. The minimum absolute atomic E-state index is 0.551. The molecule has 1 aliphatic heterocycles. The lowest BCUT2D eigenvalue weighted by atomic mass is 10.0. The lowest BCUT2D eigenvalue weighted by Gasteiger charge is -2.31. The summed E-state index contributed by atoms with van der Waals surface area (Å²) >= 11 is 5.63. The van der Waals surface area contributed by atoms with Crippen LogP contribution in [0.5, 0.6) is 0 Å². The van der Waals surface area contributed by atoms with Crippen molar-refractivity contribution in [2.24, 2.45) is 0 Å². The highest BCUT2D eigenvalue weighted by Gasteiger charge is 2.19. The summed E-state index contributed by atoms with van der Waals surface area (Å²) in [6.07, 6.45) is 2.28. The van der Waals surface area contributed by atoms with Gasteiger partial charge in [0.2, 0.25) is 0 Å². The third kappa shape index (κ3) is 3.14. The predicted octanol–water partition coefficient (Wildman–Crippen LogP) is 4.96. The van der Waals surface area contributed by atoms with E-state index in [1.165, 1.54) is 16.8 Å². The van der Waals surface area contributed by atoms with Crippen LogP contribution in [0.2, 0.25) is 0 Å². The zero-order valence-corrected chi connectivity index (χ0v) is 14.0. The van der Waals surface area contributed by atoms with Crippen molar-refractivity contribution in [2.45, 2.75) is 32.6 Å². The molecule has 1 heterocycles. The van der Waals surface area contributed by atoms with Crippen molar-refractivity contribution >= 4 is 28.7 Å². The molecule has 2 aromatic rings. The summed E-state index contributed by atoms with van der Waals surface area (Å²) in [4.78, 5) is 2.21. The average molecular weight is 310 g/mol. The van der Waals surface area contributed by atoms with E-state index in [9.17, 15) is 0 Å². The van der Waals surface area contributed by atoms with E-state index in [-0.39, 0.29) is 0 Å². The van der Waals surface area contributed by atoms with Crippen molar-refractivity contribution in [3.63, 3.8) is 0 Å². The van der Waals surface area contributed by atoms with Gasteiger partial charge in [-0.1, -0.05) is 44.2 Å². The molecule has 0 aromatic heterocycles. The van der Waals surface area contributed by atoms with Crippen LogP contribution < -0.4 is 10.2 Å². The summed E-state index contributed by atoms with van der Waals surface area (Å²) in [5.41, 5.74) is 5.02. The van der Waals surface area contributed by atoms with Crippen LogP contribution in [0.3, 0.4) is 0 Å². The number of para-hydroxylation sites is 1. The number of aryl methyl sites for hydroxylation is 1. The molecule has 0 amide bonds. The van der Waals surface area contributed by atoms with Crippen LogP contribution in [-0.4, -0.2) is 11.7 Å². The molecular formula is C19H22N2S. The summed E-state index contributed by atoms with van der Waals surface area (Å²) in [6, 6.07) is 17.1. The van der Waals surface area contributed by atoms with E-state index in [2.05, 4.69) is 72.6 Å². The van der Waals surface area contributed by atoms with E-state index in [1.54, 1.807) is 0 Å². The highest BCUT2D eigenvalue weighted by Crippen LogP contribution is 2.27. The Labute approximate surface area is 138 Å². The molecule has 2 aromatic carbocycles. The third-order valence-corrected chi connectivity index (χ3v) is 4.51. The fraction of sp³-hybridized carbons (Fsp3) is 0.316. The quantitative estimate of drug-likeness (QED) is 0.789. The Morgan fingerprint density at radius 1 is 1.09 bits per heavy atom. The van der Waals surface area contributed by atoms with E-state index in [0.29, 0.717) is 5.92 Å². The Morgan fingerprint density at radius 3 is 2.55 bits per heavy atom. The molecule has 0 radical (unpaired) electrons. The Kier molecular flexibility index (Phi) is 4.44. The van der Waals surface area contributed by atoms with Crippen molar-refractivity contribution < 1.29 is 0 Å². The highest BCUT2D eigenvalue weighted by molar-refractivity contribution is 7.80. The molecular weight excluding hydrogens is 288 g/mol. The molecule has 1 aliphatic rings. The smallest absolute Gasteiger partial charge is 0.177 e. The summed E-state index contributed by atoms with van der Waals surface area (Å²) in [5, 5.41) is 4.16. The van der Waals surface area contributed by atoms with E-state index in [0.717, 1.165) is 30.2 Å². The second-order valence-corrected chi connectivity index (χ2v) is 6.48. The molecule has 0 saturated heterocycles. The number of fused-ring (bicyclic) bond motifs is 1. The topological polar surface area (TPSA) is 15.3 Å². The molecule has 3 rings (SSSR count). The van der Waals surface area contributed by atoms with Gasteiger partial charge in [-0.25, -0.2) is 0 Å². The van der Waals surface area contributed by atoms with Crippen LogP contribution in [0.4, 0.5) is 11.4 Å². The van der Waals surface area contributed by atoms with Gasteiger partial charge in [0.05, 0.1) is 0 Å². The Hall–Kier alpha value is -1.87. The molecule has 0 spiro atoms. The lowest BCUT2D eigenvalue weighted by Crippen LogP contribution is -2.38. The number of hydrogen-bond acceptors (Lipinski definition) is 1. The molecule has 0 fully saturated rings. The molecule has 0 atom stereocenters. The summed E-state index contributed by atoms with van der Waals surface area (Å²) in [6.45, 7) is 5.39. The monoisotopic (exact) mass is 310 g/mol. The van der Waals surface area contributed by atoms with Gasteiger partial charge in [-0.2, -0.15) is 0 Å². The van der Waals surface area contributed by atoms with Crippen LogP contribution in [0.25, 0.3) is 0 Å². The first-order chi connectivity index (χ1) is 10.6. The van der Waals surface area contributed by atoms with Crippen molar-refractivity contribution in [3.05, 3.63) is 59.7 Å². The van der Waals surface area contributed by atoms with Gasteiger partial charge >= 0.3 is 0 Å². The predicted molar refractivity (Wildman–Crippen MR) is 98.9 cm³/mol. The Bertz CT molecular complexity index is 661. The first-order valence-corrected chi connectivity index (χ1v) is 8.32. The van der Waals surface area contributed by atoms with Crippen molar-refractivity contribution in [1.29, 1.82) is 0 Å². The van der Waals surface area contributed by atoms with Gasteiger partial charge in [0.25, 0.3) is 0 Å². The molecule has 1 N–H and O–H groups in total. The van der Waals surface area contributed by atoms with Gasteiger partial charge in [0.1, 0.15) is 0 Å². The molecule has 0 saturated carbocycles. The maximum atomic E-state index is 5.63. The number of rotatable bonds is 2. The maximum Gasteiger partial charge on any atom is 0.177 e. The van der Waals surface area contributed by atoms with E-state index < -0.39 is 0 Å². The van der Waals surface area contributed by atoms with E-state index in [1.807, 2.05) is 0 Å². The van der Waals surface area contributed by atoms with E-state index >= 15 is 0 Å². The number of thiocarbonyl (C=S) groups is 1. The maximum absolute atomic E-state index is 5.63. The van der Waals surface area contributed by atoms with Crippen LogP contribution in [0.15, 0.2) is 48.5 Å². The average Bonchev–Trinajstić information content (AvgIpc) is 2.54. The number of anilines is 2. The highest BCUT2D eigenvalue weighted by atomic mass is 32.1. The van der Waals surface area contributed by atoms with Gasteiger partial charge in [-0.3, -0.25) is 0 Å². The van der Waals surface area contributed by atoms with Gasteiger partial charge in [0, 0.05) is 17.9 Å². The summed E-state index contributed by atoms with van der Waals surface area (Å²) < 4.78 is 0. The number of nitrogens with one attached hydrogen (secondary N) is 1. The zero-order chi connectivity index (χ0) is 15.5. The molecule has 114 valence electrons. The molecule has 0 unspecified atom stereocenters. The number of benzene rings is 2. The van der Waals surface area contributed by atoms with Gasteiger partial charge in [-0.05, 0) is 60.3 Å². The van der Waals surface area contributed by atoms with Crippen molar-refractivity contribution in [2.75, 3.05) is 16.8 Å². The molecule has 2 nitrogen and oxygen atoms in total. The first-order valence-electron chi connectivity index (χ1n) is 7.91. The van der Waals surface area contributed by atoms with Gasteiger partial charge in [0.15, 0.2) is 5.11 Å². The first kappa shape index (κ1) is 15.0. The standard InChI is InChI=1S/C19H22N2S/c1-14(2)15-9-11-17(12-10-15)20-19(22)21-13-5-7-16-6-3-4-8-18(16)21/h3-4,6,8-12,14H,5,7,13H2,1-2H3,(H,20,22). The summed E-state index contributed by atoms with van der Waals surface area (Å²) in [5.74, 6) is 0.551. The minimum Gasteiger partial charge on any atom is -0.332 e. The second kappa shape index (κ2) is 6.49. The number of hydrogen-bond donors (Lipinski definition) is 1. The normalized spacial score (nSPS) is 13.9. The second-order valence-electron chi connectivity index (χ2n) is 6.09. The molecule has 0 aliphatic carbocycles. The van der Waals surface area contributed by atoms with Gasteiger partial charge in [-0.15, -0.1) is 0 Å². The van der Waals surface area contributed by atoms with Crippen LogP contribution in [0.1, 0.15) is 37.3 Å². The lowest BCUT2D eigenvalue weighted by molar-refractivity contribution is 0.781. The van der Waals surface area contributed by atoms with Crippen molar-refractivity contribution in [1.82, 2.24) is 0 Å². The summed E-state index contributed by atoms with van der Waals surface area (Å²) in [7, 11) is 0. The minimum atomic E-state index is 0.551. The SMILES string of the molecule is CC(C)c1ccc(NC(=S)N2CCCc3ccccc32)cc1. The largest absolute Gasteiger partial charge is 0.332 e. The van der Waals surface area contributed by atoms with Gasteiger partial charge < -0.3 is 10.2 Å². The van der Waals surface area contributed by atoms with Crippen LogP contribution in [0, 0.1) is 0 Å². The molecule has 0 bridgehead atoms. The third-order valence-electron chi connectivity index (χ3n) is 4.18. The fourth-order valence-electron chi connectivity index (χ4n) is 2.89. The molecule has 3 heteroatoms. The van der Waals surface area contributed by atoms with Crippen molar-refractivity contribution in [3.8, 4) is 0 Å². The van der Waals surface area contributed by atoms with Crippen LogP contribution >= 0.6 is 12.2 Å².